The first-order chi connectivity index (χ1) is 15.4. The molecule has 1 atom stereocenters. The predicted molar refractivity (Wildman–Crippen MR) is 124 cm³/mol. The summed E-state index contributed by atoms with van der Waals surface area (Å²) in [4.78, 5) is 4.55. The number of imidazole rings is 1. The number of nitrogens with one attached hydrogen (secondary N) is 2. The molecular formula is C23H34N6O3. The van der Waals surface area contributed by atoms with Crippen LogP contribution in [0.3, 0.4) is 0 Å². The van der Waals surface area contributed by atoms with Gasteiger partial charge in [-0.3, -0.25) is 4.68 Å². The number of aliphatic hydroxyl groups excluding tert-OH is 2. The van der Waals surface area contributed by atoms with Crippen molar-refractivity contribution in [2.75, 3.05) is 18.5 Å². The zero-order chi connectivity index (χ0) is 22.7. The van der Waals surface area contributed by atoms with Crippen LogP contribution in [0.15, 0.2) is 24.5 Å². The third kappa shape index (κ3) is 5.23. The summed E-state index contributed by atoms with van der Waals surface area (Å²) in [7, 11) is 1.97. The van der Waals surface area contributed by atoms with Gasteiger partial charge in [-0.05, 0) is 39.5 Å². The molecule has 0 aliphatic heterocycles. The fourth-order valence-electron chi connectivity index (χ4n) is 4.31. The summed E-state index contributed by atoms with van der Waals surface area (Å²) in [5.41, 5.74) is 3.68. The lowest BCUT2D eigenvalue weighted by molar-refractivity contribution is 0.131. The highest BCUT2D eigenvalue weighted by Gasteiger charge is 2.23. The molecule has 1 aliphatic carbocycles. The summed E-state index contributed by atoms with van der Waals surface area (Å²) in [5.74, 6) is 1.53. The Morgan fingerprint density at radius 1 is 1.22 bits per heavy atom. The Bertz CT molecular complexity index is 1040. The highest BCUT2D eigenvalue weighted by Crippen LogP contribution is 2.32. The highest BCUT2D eigenvalue weighted by molar-refractivity contribution is 5.91. The molecule has 32 heavy (non-hydrogen) atoms. The van der Waals surface area contributed by atoms with E-state index in [-0.39, 0.29) is 18.8 Å². The number of aryl methyl sites for hydroxylation is 2. The van der Waals surface area contributed by atoms with Gasteiger partial charge in [-0.15, -0.1) is 0 Å². The van der Waals surface area contributed by atoms with Gasteiger partial charge in [-0.25, -0.2) is 4.98 Å². The summed E-state index contributed by atoms with van der Waals surface area (Å²) in [5, 5.41) is 30.1. The van der Waals surface area contributed by atoms with Crippen molar-refractivity contribution >= 4 is 22.5 Å². The molecule has 9 nitrogen and oxygen atoms in total. The van der Waals surface area contributed by atoms with Crippen molar-refractivity contribution in [3.63, 3.8) is 0 Å². The molecular weight excluding hydrogens is 408 g/mol. The van der Waals surface area contributed by atoms with Crippen LogP contribution in [0.25, 0.3) is 11.0 Å². The third-order valence-electron chi connectivity index (χ3n) is 6.04. The number of rotatable bonds is 9. The van der Waals surface area contributed by atoms with Gasteiger partial charge in [0.05, 0.1) is 42.9 Å². The summed E-state index contributed by atoms with van der Waals surface area (Å²) in [6.07, 6.45) is 5.69. The lowest BCUT2D eigenvalue weighted by atomic mass is 9.93. The molecule has 2 aromatic heterocycles. The van der Waals surface area contributed by atoms with E-state index in [1.54, 1.807) is 17.9 Å². The van der Waals surface area contributed by atoms with Crippen LogP contribution >= 0.6 is 0 Å². The van der Waals surface area contributed by atoms with Crippen molar-refractivity contribution in [3.05, 3.63) is 30.2 Å². The Balaban J connectivity index is 1.49. The van der Waals surface area contributed by atoms with Crippen molar-refractivity contribution in [2.24, 2.45) is 7.05 Å². The minimum atomic E-state index is -0.320. The van der Waals surface area contributed by atoms with E-state index in [0.717, 1.165) is 53.8 Å². The average molecular weight is 443 g/mol. The maximum Gasteiger partial charge on any atom is 0.152 e. The molecule has 0 saturated heterocycles. The molecule has 0 unspecified atom stereocenters. The standard InChI is InChI=1S/C23H34N6O3/c1-15-10-22(27-29(15)8-9-30)26-20-11-19(12-21-23(20)25-14-28(21)3)32-18-6-4-17(5-7-18)24-13-16(2)31/h10-12,14,16-18,24,30-31H,4-9,13H2,1-3H3,(H,26,27)/t16-,17?,18?/m0/s1. The Kier molecular flexibility index (Phi) is 6.98. The number of aromatic nitrogens is 4. The van der Waals surface area contributed by atoms with E-state index in [2.05, 4.69) is 20.7 Å². The van der Waals surface area contributed by atoms with Gasteiger partial charge in [0.1, 0.15) is 11.3 Å². The predicted octanol–water partition coefficient (Wildman–Crippen LogP) is 2.47. The normalized spacial score (nSPS) is 19.9. The molecule has 3 aromatic rings. The van der Waals surface area contributed by atoms with Crippen molar-refractivity contribution < 1.29 is 14.9 Å². The molecule has 1 fully saturated rings. The Morgan fingerprint density at radius 3 is 2.72 bits per heavy atom. The van der Waals surface area contributed by atoms with Crippen LogP contribution in [0.5, 0.6) is 5.75 Å². The van der Waals surface area contributed by atoms with Gasteiger partial charge in [0, 0.05) is 43.5 Å². The van der Waals surface area contributed by atoms with Gasteiger partial charge >= 0.3 is 0 Å². The Labute approximate surface area is 188 Å². The van der Waals surface area contributed by atoms with Crippen molar-refractivity contribution in [1.29, 1.82) is 0 Å². The zero-order valence-electron chi connectivity index (χ0n) is 19.1. The molecule has 0 spiro atoms. The Hall–Kier alpha value is -2.62. The monoisotopic (exact) mass is 442 g/mol. The van der Waals surface area contributed by atoms with Crippen LogP contribution in [-0.2, 0) is 13.6 Å². The number of nitrogens with zero attached hydrogens (tertiary/aromatic N) is 4. The van der Waals surface area contributed by atoms with E-state index in [9.17, 15) is 10.2 Å². The topological polar surface area (TPSA) is 109 Å². The second kappa shape index (κ2) is 9.89. The second-order valence-electron chi connectivity index (χ2n) is 8.79. The van der Waals surface area contributed by atoms with E-state index >= 15 is 0 Å². The molecule has 9 heteroatoms. The number of hydrogen-bond donors (Lipinski definition) is 4. The molecule has 1 saturated carbocycles. The van der Waals surface area contributed by atoms with Gasteiger partial charge in [0.25, 0.3) is 0 Å². The lowest BCUT2D eigenvalue weighted by Crippen LogP contribution is -2.39. The van der Waals surface area contributed by atoms with Crippen LogP contribution < -0.4 is 15.4 Å². The maximum absolute atomic E-state index is 9.48. The fraction of sp³-hybridized carbons (Fsp3) is 0.565. The molecule has 4 rings (SSSR count). The fourth-order valence-corrected chi connectivity index (χ4v) is 4.31. The Morgan fingerprint density at radius 2 is 2.00 bits per heavy atom. The number of fused-ring (bicyclic) bond motifs is 1. The molecule has 1 aliphatic rings. The van der Waals surface area contributed by atoms with Crippen LogP contribution in [0.2, 0.25) is 0 Å². The minimum absolute atomic E-state index is 0.0482. The smallest absolute Gasteiger partial charge is 0.152 e. The summed E-state index contributed by atoms with van der Waals surface area (Å²) in [6, 6.07) is 6.44. The molecule has 0 amide bonds. The zero-order valence-corrected chi connectivity index (χ0v) is 19.1. The maximum atomic E-state index is 9.48. The van der Waals surface area contributed by atoms with E-state index in [4.69, 9.17) is 4.74 Å². The number of aliphatic hydroxyl groups is 2. The summed E-state index contributed by atoms with van der Waals surface area (Å²) >= 11 is 0. The first-order valence-corrected chi connectivity index (χ1v) is 11.4. The largest absolute Gasteiger partial charge is 0.490 e. The quantitative estimate of drug-likeness (QED) is 0.403. The summed E-state index contributed by atoms with van der Waals surface area (Å²) < 4.78 is 10.2. The van der Waals surface area contributed by atoms with Gasteiger partial charge in [-0.2, -0.15) is 5.10 Å². The average Bonchev–Trinajstić information content (AvgIpc) is 3.30. The van der Waals surface area contributed by atoms with Crippen molar-refractivity contribution in [1.82, 2.24) is 24.6 Å². The molecule has 2 heterocycles. The highest BCUT2D eigenvalue weighted by atomic mass is 16.5. The number of hydrogen-bond acceptors (Lipinski definition) is 7. The van der Waals surface area contributed by atoms with E-state index in [1.807, 2.05) is 36.7 Å². The SMILES string of the molecule is Cc1cc(Nc2cc(OC3CCC(NC[C@H](C)O)CC3)cc3c2ncn3C)nn1CCO. The number of ether oxygens (including phenoxy) is 1. The molecule has 0 radical (unpaired) electrons. The van der Waals surface area contributed by atoms with Gasteiger partial charge in [-0.1, -0.05) is 0 Å². The molecule has 1 aromatic carbocycles. The first kappa shape index (κ1) is 22.6. The van der Waals surface area contributed by atoms with Gasteiger partial charge in [0.2, 0.25) is 0 Å². The van der Waals surface area contributed by atoms with Gasteiger partial charge < -0.3 is 30.2 Å². The van der Waals surface area contributed by atoms with Gasteiger partial charge in [0.15, 0.2) is 5.82 Å². The number of anilines is 2. The van der Waals surface area contributed by atoms with Crippen LogP contribution in [0, 0.1) is 6.92 Å². The minimum Gasteiger partial charge on any atom is -0.490 e. The number of benzene rings is 1. The van der Waals surface area contributed by atoms with Crippen LogP contribution in [0.1, 0.15) is 38.3 Å². The van der Waals surface area contributed by atoms with Crippen LogP contribution in [-0.4, -0.2) is 60.9 Å². The van der Waals surface area contributed by atoms with E-state index < -0.39 is 0 Å². The summed E-state index contributed by atoms with van der Waals surface area (Å²) in [6.45, 7) is 4.92. The molecule has 4 N–H and O–H groups in total. The molecule has 174 valence electrons. The van der Waals surface area contributed by atoms with Crippen molar-refractivity contribution in [2.45, 2.75) is 64.3 Å². The van der Waals surface area contributed by atoms with E-state index in [1.165, 1.54) is 0 Å². The molecule has 0 bridgehead atoms. The first-order valence-electron chi connectivity index (χ1n) is 11.4. The van der Waals surface area contributed by atoms with E-state index in [0.29, 0.717) is 24.9 Å². The second-order valence-corrected chi connectivity index (χ2v) is 8.79. The van der Waals surface area contributed by atoms with Crippen molar-refractivity contribution in [3.8, 4) is 5.75 Å². The lowest BCUT2D eigenvalue weighted by Gasteiger charge is -2.30. The third-order valence-corrected chi connectivity index (χ3v) is 6.04. The van der Waals surface area contributed by atoms with Crippen LogP contribution in [0.4, 0.5) is 11.5 Å².